The topological polar surface area (TPSA) is 83.5 Å². The van der Waals surface area contributed by atoms with Crippen LogP contribution in [0.4, 0.5) is 5.69 Å². The second-order valence-electron chi connectivity index (χ2n) is 4.65. The number of anilines is 1. The molecule has 0 heterocycles. The predicted molar refractivity (Wildman–Crippen MR) is 82.7 cm³/mol. The normalized spacial score (nSPS) is 12.2. The van der Waals surface area contributed by atoms with E-state index in [1.54, 1.807) is 12.1 Å². The van der Waals surface area contributed by atoms with Gasteiger partial charge in [0, 0.05) is 17.5 Å². The number of sulfone groups is 1. The molecule has 0 radical (unpaired) electrons. The van der Waals surface area contributed by atoms with Crippen LogP contribution in [0, 0.1) is 11.8 Å². The minimum Gasteiger partial charge on any atom is -0.384 e. The fourth-order valence-electron chi connectivity index (χ4n) is 1.66. The number of benzene rings is 1. The first-order valence-electron chi connectivity index (χ1n) is 6.52. The standard InChI is InChI=1S/C15H19NO4S/c1-4-13-10-12(6-5-9-17)7-8-14(13)16-15(18)11(2)21(3,19)20/h7-8,10-11,17H,4,9H2,1-3H3,(H,16,18). The van der Waals surface area contributed by atoms with Gasteiger partial charge in [-0.05, 0) is 37.1 Å². The summed E-state index contributed by atoms with van der Waals surface area (Å²) in [6.45, 7) is 3.07. The Bertz CT molecular complexity index is 683. The summed E-state index contributed by atoms with van der Waals surface area (Å²) < 4.78 is 22.8. The maximum atomic E-state index is 11.9. The average molecular weight is 309 g/mol. The fraction of sp³-hybridized carbons (Fsp3) is 0.400. The summed E-state index contributed by atoms with van der Waals surface area (Å²) in [4.78, 5) is 11.9. The van der Waals surface area contributed by atoms with Gasteiger partial charge in [0.05, 0.1) is 0 Å². The lowest BCUT2D eigenvalue weighted by Crippen LogP contribution is -2.32. The highest BCUT2D eigenvalue weighted by Gasteiger charge is 2.23. The highest BCUT2D eigenvalue weighted by atomic mass is 32.2. The lowest BCUT2D eigenvalue weighted by Gasteiger charge is -2.13. The highest BCUT2D eigenvalue weighted by Crippen LogP contribution is 2.19. The van der Waals surface area contributed by atoms with Gasteiger partial charge in [-0.2, -0.15) is 0 Å². The molecule has 2 N–H and O–H groups in total. The Morgan fingerprint density at radius 2 is 2.10 bits per heavy atom. The zero-order valence-corrected chi connectivity index (χ0v) is 13.1. The molecule has 1 aromatic rings. The van der Waals surface area contributed by atoms with Crippen molar-refractivity contribution in [2.75, 3.05) is 18.2 Å². The van der Waals surface area contributed by atoms with Crippen LogP contribution in [-0.2, 0) is 21.1 Å². The molecule has 0 bridgehead atoms. The molecular weight excluding hydrogens is 290 g/mol. The van der Waals surface area contributed by atoms with Gasteiger partial charge in [0.15, 0.2) is 9.84 Å². The molecule has 1 aromatic carbocycles. The van der Waals surface area contributed by atoms with Gasteiger partial charge >= 0.3 is 0 Å². The average Bonchev–Trinajstić information content (AvgIpc) is 2.44. The summed E-state index contributed by atoms with van der Waals surface area (Å²) in [5.74, 6) is 4.79. The van der Waals surface area contributed by atoms with Crippen LogP contribution in [0.15, 0.2) is 18.2 Å². The Hall–Kier alpha value is -1.84. The summed E-state index contributed by atoms with van der Waals surface area (Å²) in [6, 6.07) is 5.21. The molecule has 21 heavy (non-hydrogen) atoms. The molecule has 0 aliphatic rings. The Morgan fingerprint density at radius 1 is 1.43 bits per heavy atom. The molecule has 0 aromatic heterocycles. The first kappa shape index (κ1) is 17.2. The zero-order valence-electron chi connectivity index (χ0n) is 12.3. The van der Waals surface area contributed by atoms with Crippen molar-refractivity contribution < 1.29 is 18.3 Å². The number of rotatable bonds is 4. The second-order valence-corrected chi connectivity index (χ2v) is 7.01. The van der Waals surface area contributed by atoms with Gasteiger partial charge in [-0.3, -0.25) is 4.79 Å². The minimum absolute atomic E-state index is 0.216. The van der Waals surface area contributed by atoms with Crippen LogP contribution in [0.25, 0.3) is 0 Å². The SMILES string of the molecule is CCc1cc(C#CCO)ccc1NC(=O)C(C)S(C)(=O)=O. The summed E-state index contributed by atoms with van der Waals surface area (Å²) in [5.41, 5.74) is 2.16. The van der Waals surface area contributed by atoms with Crippen molar-refractivity contribution in [2.24, 2.45) is 0 Å². The molecule has 0 aliphatic carbocycles. The van der Waals surface area contributed by atoms with Crippen molar-refractivity contribution in [3.8, 4) is 11.8 Å². The number of aliphatic hydroxyl groups excluding tert-OH is 1. The third-order valence-corrected chi connectivity index (χ3v) is 4.57. The Morgan fingerprint density at radius 3 is 2.62 bits per heavy atom. The van der Waals surface area contributed by atoms with E-state index in [1.165, 1.54) is 6.92 Å². The Balaban J connectivity index is 3.01. The van der Waals surface area contributed by atoms with Crippen LogP contribution in [0.5, 0.6) is 0 Å². The van der Waals surface area contributed by atoms with Crippen LogP contribution < -0.4 is 5.32 Å². The van der Waals surface area contributed by atoms with Gasteiger partial charge in [-0.25, -0.2) is 8.42 Å². The molecule has 0 saturated carbocycles. The van der Waals surface area contributed by atoms with Crippen LogP contribution in [0.3, 0.4) is 0 Å². The minimum atomic E-state index is -3.42. The number of hydrogen-bond acceptors (Lipinski definition) is 4. The predicted octanol–water partition coefficient (Wildman–Crippen LogP) is 0.964. The van der Waals surface area contributed by atoms with Gasteiger partial charge < -0.3 is 10.4 Å². The van der Waals surface area contributed by atoms with Gasteiger partial charge in [-0.1, -0.05) is 18.8 Å². The van der Waals surface area contributed by atoms with Crippen molar-refractivity contribution in [2.45, 2.75) is 25.5 Å². The van der Waals surface area contributed by atoms with E-state index in [0.717, 1.165) is 17.4 Å². The first-order valence-corrected chi connectivity index (χ1v) is 8.47. The molecule has 1 atom stereocenters. The molecule has 6 heteroatoms. The van der Waals surface area contributed by atoms with Crippen molar-refractivity contribution in [1.29, 1.82) is 0 Å². The maximum absolute atomic E-state index is 11.9. The van der Waals surface area contributed by atoms with Crippen LogP contribution in [0.1, 0.15) is 25.0 Å². The summed E-state index contributed by atoms with van der Waals surface area (Å²) in [5, 5.41) is 10.2. The molecule has 5 nitrogen and oxygen atoms in total. The van der Waals surface area contributed by atoms with Gasteiger partial charge in [0.2, 0.25) is 5.91 Å². The third-order valence-electron chi connectivity index (χ3n) is 3.07. The number of carbonyl (C=O) groups is 1. The third kappa shape index (κ3) is 4.88. The van der Waals surface area contributed by atoms with Crippen molar-refractivity contribution in [3.05, 3.63) is 29.3 Å². The maximum Gasteiger partial charge on any atom is 0.242 e. The monoisotopic (exact) mass is 309 g/mol. The lowest BCUT2D eigenvalue weighted by molar-refractivity contribution is -0.115. The fourth-order valence-corrected chi connectivity index (χ4v) is 2.10. The van der Waals surface area contributed by atoms with Gasteiger partial charge in [0.25, 0.3) is 0 Å². The smallest absolute Gasteiger partial charge is 0.242 e. The van der Waals surface area contributed by atoms with Crippen molar-refractivity contribution in [3.63, 3.8) is 0 Å². The second kappa shape index (κ2) is 7.25. The van der Waals surface area contributed by atoms with Crippen LogP contribution in [-0.4, -0.2) is 37.5 Å². The summed E-state index contributed by atoms with van der Waals surface area (Å²) in [7, 11) is -3.42. The van der Waals surface area contributed by atoms with E-state index in [-0.39, 0.29) is 6.61 Å². The summed E-state index contributed by atoms with van der Waals surface area (Å²) >= 11 is 0. The molecule has 1 amide bonds. The number of nitrogens with one attached hydrogen (secondary N) is 1. The van der Waals surface area contributed by atoms with E-state index in [4.69, 9.17) is 5.11 Å². The van der Waals surface area contributed by atoms with Crippen molar-refractivity contribution >= 4 is 21.4 Å². The first-order chi connectivity index (χ1) is 9.79. The molecular formula is C15H19NO4S. The molecule has 114 valence electrons. The largest absolute Gasteiger partial charge is 0.384 e. The van der Waals surface area contributed by atoms with Gasteiger partial charge in [0.1, 0.15) is 11.9 Å². The van der Waals surface area contributed by atoms with Crippen molar-refractivity contribution in [1.82, 2.24) is 0 Å². The van der Waals surface area contributed by atoms with Crippen LogP contribution in [0.2, 0.25) is 0 Å². The van der Waals surface area contributed by atoms with E-state index in [0.29, 0.717) is 12.1 Å². The molecule has 0 saturated heterocycles. The number of amides is 1. The van der Waals surface area contributed by atoms with Gasteiger partial charge in [-0.15, -0.1) is 0 Å². The molecule has 1 unspecified atom stereocenters. The Kier molecular flexibility index (Phi) is 5.94. The summed E-state index contributed by atoms with van der Waals surface area (Å²) in [6.07, 6.45) is 1.70. The van der Waals surface area contributed by atoms with Crippen LogP contribution >= 0.6 is 0 Å². The quantitative estimate of drug-likeness (QED) is 0.812. The Labute approximate surface area is 125 Å². The van der Waals surface area contributed by atoms with E-state index in [1.807, 2.05) is 13.0 Å². The van der Waals surface area contributed by atoms with E-state index < -0.39 is 21.0 Å². The molecule has 1 rings (SSSR count). The highest BCUT2D eigenvalue weighted by molar-refractivity contribution is 7.92. The van der Waals surface area contributed by atoms with E-state index in [2.05, 4.69) is 17.2 Å². The number of carbonyl (C=O) groups excluding carboxylic acids is 1. The molecule has 0 spiro atoms. The lowest BCUT2D eigenvalue weighted by atomic mass is 10.1. The number of aliphatic hydroxyl groups is 1. The molecule has 0 aliphatic heterocycles. The number of aryl methyl sites for hydroxylation is 1. The van der Waals surface area contributed by atoms with E-state index >= 15 is 0 Å². The number of hydrogen-bond donors (Lipinski definition) is 2. The van der Waals surface area contributed by atoms with E-state index in [9.17, 15) is 13.2 Å². The molecule has 0 fully saturated rings. The zero-order chi connectivity index (χ0) is 16.0.